The van der Waals surface area contributed by atoms with Gasteiger partial charge in [-0.1, -0.05) is 15.9 Å². The summed E-state index contributed by atoms with van der Waals surface area (Å²) in [5.74, 6) is 0.206. The zero-order valence-corrected chi connectivity index (χ0v) is 12.0. The van der Waals surface area contributed by atoms with Crippen molar-refractivity contribution in [2.75, 3.05) is 0 Å². The SMILES string of the molecule is CC1(C)OB(c2cc(O)ccc2Br)OC1(C)C. The fourth-order valence-corrected chi connectivity index (χ4v) is 2.12. The summed E-state index contributed by atoms with van der Waals surface area (Å²) in [4.78, 5) is 0. The summed E-state index contributed by atoms with van der Waals surface area (Å²) < 4.78 is 12.7. The molecule has 1 heterocycles. The van der Waals surface area contributed by atoms with Crippen molar-refractivity contribution < 1.29 is 14.4 Å². The van der Waals surface area contributed by atoms with Crippen LogP contribution in [0.4, 0.5) is 0 Å². The minimum Gasteiger partial charge on any atom is -0.508 e. The van der Waals surface area contributed by atoms with Crippen LogP contribution >= 0.6 is 15.9 Å². The van der Waals surface area contributed by atoms with Crippen LogP contribution in [0.1, 0.15) is 27.7 Å². The third-order valence-corrected chi connectivity index (χ3v) is 4.21. The van der Waals surface area contributed by atoms with Crippen LogP contribution in [0.2, 0.25) is 0 Å². The Morgan fingerprint density at radius 2 is 1.65 bits per heavy atom. The zero-order valence-electron chi connectivity index (χ0n) is 10.5. The Labute approximate surface area is 110 Å². The number of hydrogen-bond donors (Lipinski definition) is 1. The second-order valence-corrected chi connectivity index (χ2v) is 6.15. The average molecular weight is 299 g/mol. The van der Waals surface area contributed by atoms with Crippen LogP contribution in [0.3, 0.4) is 0 Å². The molecule has 2 rings (SSSR count). The van der Waals surface area contributed by atoms with Crippen LogP contribution in [0.5, 0.6) is 5.75 Å². The molecule has 1 N–H and O–H groups in total. The van der Waals surface area contributed by atoms with E-state index in [1.54, 1.807) is 18.2 Å². The normalized spacial score (nSPS) is 21.8. The Bertz CT molecular complexity index is 429. The van der Waals surface area contributed by atoms with Gasteiger partial charge in [0.15, 0.2) is 0 Å². The molecule has 0 radical (unpaired) electrons. The maximum Gasteiger partial charge on any atom is 0.496 e. The second kappa shape index (κ2) is 4.00. The van der Waals surface area contributed by atoms with Crippen molar-refractivity contribution in [3.8, 4) is 5.75 Å². The fourth-order valence-electron chi connectivity index (χ4n) is 1.68. The fraction of sp³-hybridized carbons (Fsp3) is 0.500. The van der Waals surface area contributed by atoms with Crippen LogP contribution in [0.25, 0.3) is 0 Å². The van der Waals surface area contributed by atoms with Gasteiger partial charge in [0.25, 0.3) is 0 Å². The van der Waals surface area contributed by atoms with Gasteiger partial charge in [0, 0.05) is 9.94 Å². The van der Waals surface area contributed by atoms with E-state index < -0.39 is 7.12 Å². The van der Waals surface area contributed by atoms with E-state index in [9.17, 15) is 5.11 Å². The van der Waals surface area contributed by atoms with Gasteiger partial charge in [-0.3, -0.25) is 0 Å². The number of halogens is 1. The van der Waals surface area contributed by atoms with Gasteiger partial charge in [0.1, 0.15) is 5.75 Å². The molecule has 92 valence electrons. The summed E-state index contributed by atoms with van der Waals surface area (Å²) in [6.07, 6.45) is 0. The van der Waals surface area contributed by atoms with Gasteiger partial charge in [-0.15, -0.1) is 0 Å². The lowest BCUT2D eigenvalue weighted by Crippen LogP contribution is -2.41. The molecule has 1 aromatic rings. The Kier molecular flexibility index (Phi) is 3.05. The van der Waals surface area contributed by atoms with E-state index in [1.165, 1.54) is 0 Å². The lowest BCUT2D eigenvalue weighted by Gasteiger charge is -2.32. The Balaban J connectivity index is 2.35. The van der Waals surface area contributed by atoms with Crippen LogP contribution in [-0.2, 0) is 9.31 Å². The van der Waals surface area contributed by atoms with Gasteiger partial charge in [-0.25, -0.2) is 0 Å². The molecular weight excluding hydrogens is 283 g/mol. The molecule has 0 unspecified atom stereocenters. The van der Waals surface area contributed by atoms with E-state index in [1.807, 2.05) is 27.7 Å². The Morgan fingerprint density at radius 1 is 1.12 bits per heavy atom. The third-order valence-electron chi connectivity index (χ3n) is 3.49. The van der Waals surface area contributed by atoms with Crippen LogP contribution in [-0.4, -0.2) is 23.4 Å². The first-order valence-electron chi connectivity index (χ1n) is 5.57. The van der Waals surface area contributed by atoms with E-state index in [0.717, 1.165) is 9.94 Å². The van der Waals surface area contributed by atoms with Gasteiger partial charge < -0.3 is 14.4 Å². The van der Waals surface area contributed by atoms with Gasteiger partial charge in [0.2, 0.25) is 0 Å². The molecular formula is C12H16BBrO3. The lowest BCUT2D eigenvalue weighted by atomic mass is 9.79. The van der Waals surface area contributed by atoms with Crippen molar-refractivity contribution in [1.82, 2.24) is 0 Å². The molecule has 0 bridgehead atoms. The molecule has 0 saturated carbocycles. The van der Waals surface area contributed by atoms with Crippen molar-refractivity contribution in [1.29, 1.82) is 0 Å². The topological polar surface area (TPSA) is 38.7 Å². The summed E-state index contributed by atoms with van der Waals surface area (Å²) in [6.45, 7) is 8.01. The van der Waals surface area contributed by atoms with Crippen molar-refractivity contribution in [3.05, 3.63) is 22.7 Å². The van der Waals surface area contributed by atoms with E-state index in [-0.39, 0.29) is 17.0 Å². The first-order valence-corrected chi connectivity index (χ1v) is 6.36. The average Bonchev–Trinajstić information content (AvgIpc) is 2.40. The van der Waals surface area contributed by atoms with Gasteiger partial charge in [-0.2, -0.15) is 0 Å². The standard InChI is InChI=1S/C12H16BBrO3/c1-11(2)12(3,4)17-13(16-11)9-7-8(15)5-6-10(9)14/h5-7,15H,1-4H3. The first kappa shape index (κ1) is 12.9. The van der Waals surface area contributed by atoms with Gasteiger partial charge in [0.05, 0.1) is 11.2 Å². The van der Waals surface area contributed by atoms with E-state index >= 15 is 0 Å². The van der Waals surface area contributed by atoms with Crippen molar-refractivity contribution >= 4 is 28.5 Å². The Morgan fingerprint density at radius 3 is 2.18 bits per heavy atom. The highest BCUT2D eigenvalue weighted by Crippen LogP contribution is 2.37. The van der Waals surface area contributed by atoms with Crippen LogP contribution < -0.4 is 5.46 Å². The van der Waals surface area contributed by atoms with Crippen molar-refractivity contribution in [2.24, 2.45) is 0 Å². The summed E-state index contributed by atoms with van der Waals surface area (Å²) in [6, 6.07) is 5.07. The van der Waals surface area contributed by atoms with Crippen LogP contribution in [0, 0.1) is 0 Å². The van der Waals surface area contributed by atoms with Gasteiger partial charge >= 0.3 is 7.12 Å². The first-order chi connectivity index (χ1) is 7.73. The van der Waals surface area contributed by atoms with E-state index in [4.69, 9.17) is 9.31 Å². The summed E-state index contributed by atoms with van der Waals surface area (Å²) in [7, 11) is -0.457. The quantitative estimate of drug-likeness (QED) is 0.810. The lowest BCUT2D eigenvalue weighted by molar-refractivity contribution is 0.00578. The number of phenols is 1. The van der Waals surface area contributed by atoms with Crippen LogP contribution in [0.15, 0.2) is 22.7 Å². The van der Waals surface area contributed by atoms with Gasteiger partial charge in [-0.05, 0) is 45.9 Å². The maximum atomic E-state index is 9.53. The van der Waals surface area contributed by atoms with Crippen molar-refractivity contribution in [2.45, 2.75) is 38.9 Å². The largest absolute Gasteiger partial charge is 0.508 e. The molecule has 0 aliphatic carbocycles. The molecule has 17 heavy (non-hydrogen) atoms. The number of phenolic OH excluding ortho intramolecular Hbond substituents is 1. The second-order valence-electron chi connectivity index (χ2n) is 5.29. The summed E-state index contributed by atoms with van der Waals surface area (Å²) >= 11 is 3.44. The molecule has 1 aliphatic heterocycles. The molecule has 1 saturated heterocycles. The molecule has 0 amide bonds. The predicted octanol–water partition coefficient (Wildman–Crippen LogP) is 2.45. The molecule has 1 fully saturated rings. The third kappa shape index (κ3) is 2.24. The smallest absolute Gasteiger partial charge is 0.496 e. The molecule has 5 heteroatoms. The molecule has 1 aliphatic rings. The molecule has 0 spiro atoms. The Hall–Kier alpha value is -0.515. The molecule has 1 aromatic carbocycles. The van der Waals surface area contributed by atoms with E-state index in [0.29, 0.717) is 0 Å². The number of aromatic hydroxyl groups is 1. The molecule has 0 atom stereocenters. The zero-order chi connectivity index (χ0) is 12.8. The summed E-state index contributed by atoms with van der Waals surface area (Å²) in [5, 5.41) is 9.53. The van der Waals surface area contributed by atoms with E-state index in [2.05, 4.69) is 15.9 Å². The highest BCUT2D eigenvalue weighted by molar-refractivity contribution is 9.10. The number of rotatable bonds is 1. The maximum absolute atomic E-state index is 9.53. The molecule has 3 nitrogen and oxygen atoms in total. The highest BCUT2D eigenvalue weighted by atomic mass is 79.9. The summed E-state index contributed by atoms with van der Waals surface area (Å²) in [5.41, 5.74) is 0.0640. The number of hydrogen-bond acceptors (Lipinski definition) is 3. The monoisotopic (exact) mass is 298 g/mol. The number of benzene rings is 1. The predicted molar refractivity (Wildman–Crippen MR) is 71.5 cm³/mol. The molecule has 0 aromatic heterocycles. The minimum absolute atomic E-state index is 0.206. The van der Waals surface area contributed by atoms with Crippen molar-refractivity contribution in [3.63, 3.8) is 0 Å². The minimum atomic E-state index is -0.457. The highest BCUT2D eigenvalue weighted by Gasteiger charge is 2.52.